The van der Waals surface area contributed by atoms with Crippen LogP contribution in [0.15, 0.2) is 48.8 Å². The molecule has 0 atom stereocenters. The van der Waals surface area contributed by atoms with Crippen molar-refractivity contribution in [3.63, 3.8) is 0 Å². The van der Waals surface area contributed by atoms with Gasteiger partial charge in [0.2, 0.25) is 11.8 Å². The van der Waals surface area contributed by atoms with Crippen LogP contribution in [0.25, 0.3) is 0 Å². The van der Waals surface area contributed by atoms with Gasteiger partial charge in [-0.3, -0.25) is 14.6 Å². The van der Waals surface area contributed by atoms with Gasteiger partial charge in [-0.15, -0.1) is 0 Å². The Labute approximate surface area is 127 Å². The van der Waals surface area contributed by atoms with E-state index < -0.39 is 5.91 Å². The predicted molar refractivity (Wildman–Crippen MR) is 80.5 cm³/mol. The lowest BCUT2D eigenvalue weighted by Crippen LogP contribution is -2.27. The monoisotopic (exact) mass is 294 g/mol. The molecule has 0 unspecified atom stereocenters. The van der Waals surface area contributed by atoms with Gasteiger partial charge >= 0.3 is 0 Å². The summed E-state index contributed by atoms with van der Waals surface area (Å²) in [5.41, 5.74) is 1.79. The summed E-state index contributed by atoms with van der Waals surface area (Å²) in [5, 5.41) is 14.0. The largest absolute Gasteiger partial charge is 0.352 e. The van der Waals surface area contributed by atoms with Gasteiger partial charge in [-0.1, -0.05) is 12.1 Å². The van der Waals surface area contributed by atoms with Crippen molar-refractivity contribution < 1.29 is 9.59 Å². The number of hydrogen-bond donors (Lipinski definition) is 2. The Morgan fingerprint density at radius 2 is 2.05 bits per heavy atom. The highest BCUT2D eigenvalue weighted by atomic mass is 16.2. The summed E-state index contributed by atoms with van der Waals surface area (Å²) in [4.78, 5) is 27.4. The molecule has 2 N–H and O–H groups in total. The Morgan fingerprint density at radius 3 is 2.77 bits per heavy atom. The second kappa shape index (κ2) is 7.55. The molecule has 0 saturated carbocycles. The van der Waals surface area contributed by atoms with Crippen LogP contribution >= 0.6 is 0 Å². The van der Waals surface area contributed by atoms with Gasteiger partial charge < -0.3 is 10.6 Å². The SMILES string of the molecule is N#Cc1cccc(NC(=O)CC(=O)NCc2cccnc2)c1. The maximum atomic E-state index is 11.8. The number of hydrogen-bond acceptors (Lipinski definition) is 4. The standard InChI is InChI=1S/C16H14N4O2/c17-9-12-3-1-5-14(7-12)20-16(22)8-15(21)19-11-13-4-2-6-18-10-13/h1-7,10H,8,11H2,(H,19,21)(H,20,22). The minimum atomic E-state index is -0.432. The summed E-state index contributed by atoms with van der Waals surface area (Å²) in [7, 11) is 0. The molecule has 0 aliphatic carbocycles. The van der Waals surface area contributed by atoms with Gasteiger partial charge in [0.05, 0.1) is 11.6 Å². The first-order chi connectivity index (χ1) is 10.7. The first-order valence-electron chi connectivity index (χ1n) is 6.63. The molecule has 2 aromatic rings. The molecule has 0 bridgehead atoms. The minimum absolute atomic E-state index is 0.281. The van der Waals surface area contributed by atoms with E-state index in [0.29, 0.717) is 17.8 Å². The Morgan fingerprint density at radius 1 is 1.18 bits per heavy atom. The van der Waals surface area contributed by atoms with Crippen LogP contribution in [0.4, 0.5) is 5.69 Å². The Kier molecular flexibility index (Phi) is 5.21. The van der Waals surface area contributed by atoms with Gasteiger partial charge in [-0.2, -0.15) is 5.26 Å². The van der Waals surface area contributed by atoms with Crippen LogP contribution in [0.5, 0.6) is 0 Å². The summed E-state index contributed by atoms with van der Waals surface area (Å²) < 4.78 is 0. The molecule has 0 saturated heterocycles. The maximum absolute atomic E-state index is 11.8. The molecule has 0 spiro atoms. The quantitative estimate of drug-likeness (QED) is 0.819. The lowest BCUT2D eigenvalue weighted by atomic mass is 10.2. The maximum Gasteiger partial charge on any atom is 0.233 e. The second-order valence-electron chi connectivity index (χ2n) is 4.56. The molecule has 0 aliphatic rings. The number of carbonyl (C=O) groups excluding carboxylic acids is 2. The average molecular weight is 294 g/mol. The second-order valence-corrected chi connectivity index (χ2v) is 4.56. The molecule has 0 aliphatic heterocycles. The van der Waals surface area contributed by atoms with E-state index in [0.717, 1.165) is 5.56 Å². The molecule has 2 rings (SSSR count). The van der Waals surface area contributed by atoms with Gasteiger partial charge in [0, 0.05) is 24.6 Å². The number of anilines is 1. The molecule has 2 amide bonds. The van der Waals surface area contributed by atoms with Crippen molar-refractivity contribution in [3.05, 3.63) is 59.9 Å². The third-order valence-electron chi connectivity index (χ3n) is 2.81. The van der Waals surface area contributed by atoms with E-state index in [-0.39, 0.29) is 12.3 Å². The number of nitriles is 1. The number of carbonyl (C=O) groups is 2. The molecule has 1 aromatic carbocycles. The molecule has 1 aromatic heterocycles. The Balaban J connectivity index is 1.81. The van der Waals surface area contributed by atoms with E-state index in [9.17, 15) is 9.59 Å². The number of amides is 2. The van der Waals surface area contributed by atoms with Crippen molar-refractivity contribution in [1.82, 2.24) is 10.3 Å². The van der Waals surface area contributed by atoms with Crippen molar-refractivity contribution >= 4 is 17.5 Å². The molecule has 0 radical (unpaired) electrons. The van der Waals surface area contributed by atoms with E-state index in [4.69, 9.17) is 5.26 Å². The first kappa shape index (κ1) is 15.2. The molecule has 110 valence electrons. The van der Waals surface area contributed by atoms with Crippen LogP contribution < -0.4 is 10.6 Å². The normalized spacial score (nSPS) is 9.59. The summed E-state index contributed by atoms with van der Waals surface area (Å²) in [6.45, 7) is 0.323. The fourth-order valence-corrected chi connectivity index (χ4v) is 1.78. The Bertz CT molecular complexity index is 708. The van der Waals surface area contributed by atoms with Crippen LogP contribution in [0, 0.1) is 11.3 Å². The van der Waals surface area contributed by atoms with Crippen molar-refractivity contribution in [3.8, 4) is 6.07 Å². The van der Waals surface area contributed by atoms with Crippen LogP contribution in [0.1, 0.15) is 17.5 Å². The zero-order chi connectivity index (χ0) is 15.8. The summed E-state index contributed by atoms with van der Waals surface area (Å²) >= 11 is 0. The van der Waals surface area contributed by atoms with E-state index in [1.54, 1.807) is 42.7 Å². The van der Waals surface area contributed by atoms with Crippen LogP contribution in [0.2, 0.25) is 0 Å². The van der Waals surface area contributed by atoms with Gasteiger partial charge in [0.1, 0.15) is 6.42 Å². The smallest absolute Gasteiger partial charge is 0.233 e. The predicted octanol–water partition coefficient (Wildman–Crippen LogP) is 1.60. The highest BCUT2D eigenvalue weighted by molar-refractivity contribution is 6.03. The zero-order valence-corrected chi connectivity index (χ0v) is 11.7. The Hall–Kier alpha value is -3.20. The lowest BCUT2D eigenvalue weighted by Gasteiger charge is -2.06. The summed E-state index contributed by atoms with van der Waals surface area (Å²) in [6.07, 6.45) is 3.01. The van der Waals surface area contributed by atoms with Gasteiger partial charge in [0.25, 0.3) is 0 Å². The van der Waals surface area contributed by atoms with Gasteiger partial charge in [-0.25, -0.2) is 0 Å². The molecular weight excluding hydrogens is 280 g/mol. The highest BCUT2D eigenvalue weighted by Crippen LogP contribution is 2.09. The van der Waals surface area contributed by atoms with Crippen molar-refractivity contribution in [2.75, 3.05) is 5.32 Å². The first-order valence-corrected chi connectivity index (χ1v) is 6.63. The zero-order valence-electron chi connectivity index (χ0n) is 11.7. The van der Waals surface area contributed by atoms with Crippen molar-refractivity contribution in [2.45, 2.75) is 13.0 Å². The van der Waals surface area contributed by atoms with Crippen LogP contribution in [0.3, 0.4) is 0 Å². The molecule has 0 fully saturated rings. The average Bonchev–Trinajstić information content (AvgIpc) is 2.54. The number of benzene rings is 1. The number of nitrogens with zero attached hydrogens (tertiary/aromatic N) is 2. The molecular formula is C16H14N4O2. The molecule has 1 heterocycles. The number of aromatic nitrogens is 1. The van der Waals surface area contributed by atoms with E-state index in [2.05, 4.69) is 15.6 Å². The van der Waals surface area contributed by atoms with E-state index in [1.807, 2.05) is 12.1 Å². The van der Waals surface area contributed by atoms with Gasteiger partial charge in [0.15, 0.2) is 0 Å². The number of pyridine rings is 1. The fraction of sp³-hybridized carbons (Fsp3) is 0.125. The van der Waals surface area contributed by atoms with Crippen molar-refractivity contribution in [2.24, 2.45) is 0 Å². The molecule has 22 heavy (non-hydrogen) atoms. The molecule has 6 nitrogen and oxygen atoms in total. The third-order valence-corrected chi connectivity index (χ3v) is 2.81. The lowest BCUT2D eigenvalue weighted by molar-refractivity contribution is -0.126. The topological polar surface area (TPSA) is 94.9 Å². The fourth-order valence-electron chi connectivity index (χ4n) is 1.78. The van der Waals surface area contributed by atoms with E-state index >= 15 is 0 Å². The summed E-state index contributed by atoms with van der Waals surface area (Å²) in [6, 6.07) is 12.1. The van der Waals surface area contributed by atoms with Gasteiger partial charge in [-0.05, 0) is 29.8 Å². The van der Waals surface area contributed by atoms with E-state index in [1.165, 1.54) is 0 Å². The number of nitrogens with one attached hydrogen (secondary N) is 2. The van der Waals surface area contributed by atoms with Crippen LogP contribution in [-0.4, -0.2) is 16.8 Å². The highest BCUT2D eigenvalue weighted by Gasteiger charge is 2.09. The molecule has 6 heteroatoms. The number of rotatable bonds is 5. The summed E-state index contributed by atoms with van der Waals surface area (Å²) in [5.74, 6) is -0.809. The minimum Gasteiger partial charge on any atom is -0.352 e. The van der Waals surface area contributed by atoms with Crippen molar-refractivity contribution in [1.29, 1.82) is 5.26 Å². The third kappa shape index (κ3) is 4.72. The van der Waals surface area contributed by atoms with Crippen LogP contribution in [-0.2, 0) is 16.1 Å².